The summed E-state index contributed by atoms with van der Waals surface area (Å²) in [4.78, 5) is 17.8. The largest absolute Gasteiger partial charge is 0.374 e. The van der Waals surface area contributed by atoms with Crippen molar-refractivity contribution < 1.29 is 9.53 Å². The summed E-state index contributed by atoms with van der Waals surface area (Å²) in [6.45, 7) is 5.73. The first-order valence-electron chi connectivity index (χ1n) is 10.4. The van der Waals surface area contributed by atoms with Gasteiger partial charge >= 0.3 is 0 Å². The molecule has 5 unspecified atom stereocenters. The number of ether oxygens (including phenoxy) is 1. The third-order valence-corrected chi connectivity index (χ3v) is 7.24. The molecule has 2 aliphatic heterocycles. The topological polar surface area (TPSA) is 32.8 Å². The van der Waals surface area contributed by atoms with Crippen molar-refractivity contribution in [3.8, 4) is 0 Å². The van der Waals surface area contributed by atoms with Gasteiger partial charge in [0.15, 0.2) is 0 Å². The molecule has 136 valence electrons. The molecule has 4 nitrogen and oxygen atoms in total. The number of fused-ring (bicyclic) bond motifs is 2. The second kappa shape index (κ2) is 7.33. The first-order valence-corrected chi connectivity index (χ1v) is 10.4. The molecule has 4 aliphatic rings. The lowest BCUT2D eigenvalue weighted by Crippen LogP contribution is -2.59. The average Bonchev–Trinajstić information content (AvgIpc) is 2.64. The molecule has 0 aromatic carbocycles. The van der Waals surface area contributed by atoms with Gasteiger partial charge < -0.3 is 9.64 Å². The van der Waals surface area contributed by atoms with E-state index in [0.29, 0.717) is 30.6 Å². The summed E-state index contributed by atoms with van der Waals surface area (Å²) in [7, 11) is 0. The summed E-state index contributed by atoms with van der Waals surface area (Å²) in [6, 6.07) is 1.01. The molecule has 2 heterocycles. The number of piperidine rings is 1. The van der Waals surface area contributed by atoms with Crippen LogP contribution in [0.2, 0.25) is 0 Å². The van der Waals surface area contributed by atoms with Crippen LogP contribution < -0.4 is 0 Å². The first-order chi connectivity index (χ1) is 11.7. The van der Waals surface area contributed by atoms with Gasteiger partial charge in [0.05, 0.1) is 25.3 Å². The number of carbonyl (C=O) groups excluding carboxylic acids is 1. The number of carbonyl (C=O) groups is 1. The maximum absolute atomic E-state index is 13.1. The minimum absolute atomic E-state index is 0.306. The van der Waals surface area contributed by atoms with Crippen LogP contribution in [0.1, 0.15) is 64.7 Å². The smallest absolute Gasteiger partial charge is 0.237 e. The Bertz CT molecular complexity index is 453. The number of nitrogens with zero attached hydrogens (tertiary/aromatic N) is 2. The summed E-state index contributed by atoms with van der Waals surface area (Å²) in [6.07, 6.45) is 11.8. The molecule has 0 aromatic rings. The third kappa shape index (κ3) is 3.24. The molecule has 4 rings (SSSR count). The zero-order chi connectivity index (χ0) is 16.5. The van der Waals surface area contributed by atoms with Crippen LogP contribution >= 0.6 is 0 Å². The van der Waals surface area contributed by atoms with Gasteiger partial charge in [0.25, 0.3) is 0 Å². The zero-order valence-electron chi connectivity index (χ0n) is 15.3. The highest BCUT2D eigenvalue weighted by molar-refractivity contribution is 5.79. The predicted octanol–water partition coefficient (Wildman–Crippen LogP) is 3.06. The van der Waals surface area contributed by atoms with E-state index in [-0.39, 0.29) is 0 Å². The van der Waals surface area contributed by atoms with Crippen LogP contribution in [-0.4, -0.2) is 60.1 Å². The van der Waals surface area contributed by atoms with Crippen LogP contribution in [0.15, 0.2) is 0 Å². The van der Waals surface area contributed by atoms with Crippen molar-refractivity contribution in [3.63, 3.8) is 0 Å². The van der Waals surface area contributed by atoms with E-state index in [4.69, 9.17) is 4.74 Å². The van der Waals surface area contributed by atoms with Gasteiger partial charge in [-0.3, -0.25) is 9.69 Å². The van der Waals surface area contributed by atoms with Gasteiger partial charge in [-0.15, -0.1) is 0 Å². The van der Waals surface area contributed by atoms with E-state index >= 15 is 0 Å². The highest BCUT2D eigenvalue weighted by Crippen LogP contribution is 2.39. The van der Waals surface area contributed by atoms with E-state index in [1.165, 1.54) is 44.9 Å². The lowest BCUT2D eigenvalue weighted by atomic mass is 9.72. The van der Waals surface area contributed by atoms with Crippen molar-refractivity contribution in [3.05, 3.63) is 0 Å². The molecule has 0 bridgehead atoms. The van der Waals surface area contributed by atoms with Gasteiger partial charge in [-0.25, -0.2) is 0 Å². The quantitative estimate of drug-likeness (QED) is 0.778. The molecular formula is C20H34N2O2. The molecule has 0 aromatic heterocycles. The fourth-order valence-electron chi connectivity index (χ4n) is 5.87. The van der Waals surface area contributed by atoms with Crippen LogP contribution in [0.4, 0.5) is 0 Å². The lowest BCUT2D eigenvalue weighted by molar-refractivity contribution is -0.152. The van der Waals surface area contributed by atoms with Gasteiger partial charge in [0.2, 0.25) is 5.91 Å². The molecule has 0 radical (unpaired) electrons. The zero-order valence-corrected chi connectivity index (χ0v) is 15.3. The molecule has 4 heteroatoms. The van der Waals surface area contributed by atoms with Crippen LogP contribution in [0.5, 0.6) is 0 Å². The van der Waals surface area contributed by atoms with Crippen LogP contribution in [-0.2, 0) is 9.53 Å². The number of hydrogen-bond donors (Lipinski definition) is 0. The highest BCUT2D eigenvalue weighted by atomic mass is 16.5. The summed E-state index contributed by atoms with van der Waals surface area (Å²) in [5.41, 5.74) is 0. The number of morpholine rings is 1. The number of hydrogen-bond acceptors (Lipinski definition) is 3. The predicted molar refractivity (Wildman–Crippen MR) is 94.8 cm³/mol. The monoisotopic (exact) mass is 334 g/mol. The Kier molecular flexibility index (Phi) is 5.14. The van der Waals surface area contributed by atoms with Gasteiger partial charge in [0.1, 0.15) is 0 Å². The van der Waals surface area contributed by atoms with E-state index in [9.17, 15) is 4.79 Å². The van der Waals surface area contributed by atoms with E-state index in [1.54, 1.807) is 0 Å². The van der Waals surface area contributed by atoms with E-state index in [0.717, 1.165) is 44.4 Å². The fraction of sp³-hybridized carbons (Fsp3) is 0.950. The Morgan fingerprint density at radius 1 is 0.958 bits per heavy atom. The highest BCUT2D eigenvalue weighted by Gasteiger charge is 2.41. The first kappa shape index (κ1) is 16.8. The molecule has 4 fully saturated rings. The Morgan fingerprint density at radius 2 is 1.71 bits per heavy atom. The number of amides is 1. The molecule has 2 saturated heterocycles. The summed E-state index contributed by atoms with van der Waals surface area (Å²) in [5, 5.41) is 0. The minimum Gasteiger partial charge on any atom is -0.374 e. The molecule has 5 atom stereocenters. The molecule has 1 amide bonds. The number of likely N-dealkylation sites (tertiary alicyclic amines) is 1. The molecule has 24 heavy (non-hydrogen) atoms. The summed E-state index contributed by atoms with van der Waals surface area (Å²) < 4.78 is 5.94. The van der Waals surface area contributed by atoms with Crippen LogP contribution in [0, 0.1) is 11.8 Å². The third-order valence-electron chi connectivity index (χ3n) is 7.24. The van der Waals surface area contributed by atoms with Crippen molar-refractivity contribution >= 4 is 5.91 Å². The van der Waals surface area contributed by atoms with Crippen molar-refractivity contribution in [1.82, 2.24) is 9.80 Å². The van der Waals surface area contributed by atoms with E-state index in [2.05, 4.69) is 16.7 Å². The van der Waals surface area contributed by atoms with Crippen molar-refractivity contribution in [2.45, 2.75) is 82.9 Å². The van der Waals surface area contributed by atoms with Crippen LogP contribution in [0.3, 0.4) is 0 Å². The number of rotatable bonds is 2. The Balaban J connectivity index is 1.41. The average molecular weight is 335 g/mol. The van der Waals surface area contributed by atoms with Gasteiger partial charge in [0, 0.05) is 12.6 Å². The Labute approximate surface area is 146 Å². The Morgan fingerprint density at radius 3 is 2.58 bits per heavy atom. The van der Waals surface area contributed by atoms with Crippen molar-refractivity contribution in [2.24, 2.45) is 11.8 Å². The molecular weight excluding hydrogens is 300 g/mol. The maximum Gasteiger partial charge on any atom is 0.237 e. The SMILES string of the molecule is CC1CCN(CC(=O)N2CCOC3CCCCC32)C2CCCCC12. The minimum atomic E-state index is 0.306. The van der Waals surface area contributed by atoms with Gasteiger partial charge in [-0.2, -0.15) is 0 Å². The van der Waals surface area contributed by atoms with E-state index in [1.807, 2.05) is 0 Å². The molecule has 2 aliphatic carbocycles. The van der Waals surface area contributed by atoms with Gasteiger partial charge in [-0.1, -0.05) is 32.6 Å². The van der Waals surface area contributed by atoms with E-state index < -0.39 is 0 Å². The summed E-state index contributed by atoms with van der Waals surface area (Å²) >= 11 is 0. The molecule has 0 N–H and O–H groups in total. The summed E-state index contributed by atoms with van der Waals surface area (Å²) in [5.74, 6) is 2.04. The molecule has 2 saturated carbocycles. The normalized spacial score (nSPS) is 40.7. The fourth-order valence-corrected chi connectivity index (χ4v) is 5.87. The Hall–Kier alpha value is -0.610. The van der Waals surface area contributed by atoms with Crippen molar-refractivity contribution in [1.29, 1.82) is 0 Å². The van der Waals surface area contributed by atoms with Crippen molar-refractivity contribution in [2.75, 3.05) is 26.2 Å². The second-order valence-electron chi connectivity index (χ2n) is 8.60. The van der Waals surface area contributed by atoms with Crippen LogP contribution in [0.25, 0.3) is 0 Å². The standard InChI is InChI=1S/C20H34N2O2/c1-15-10-11-21(17-7-3-2-6-16(15)17)14-20(23)22-12-13-24-19-9-5-4-8-18(19)22/h15-19H,2-14H2,1H3. The molecule has 0 spiro atoms. The van der Waals surface area contributed by atoms with Gasteiger partial charge in [-0.05, 0) is 50.5 Å². The maximum atomic E-state index is 13.1. The lowest BCUT2D eigenvalue weighted by Gasteiger charge is -2.49. The second-order valence-corrected chi connectivity index (χ2v) is 8.60.